The molecule has 1 heterocycles. The molecule has 0 radical (unpaired) electrons. The zero-order valence-corrected chi connectivity index (χ0v) is 11.7. The molecule has 1 rings (SSSR count). The molecule has 0 bridgehead atoms. The minimum absolute atomic E-state index is 0.0790. The Morgan fingerprint density at radius 1 is 1.15 bits per heavy atom. The third kappa shape index (κ3) is 3.94. The van der Waals surface area contributed by atoms with Gasteiger partial charge in [0.2, 0.25) is 0 Å². The third-order valence-corrected chi connectivity index (χ3v) is 3.24. The van der Waals surface area contributed by atoms with E-state index in [4.69, 9.17) is 4.65 Å². The Morgan fingerprint density at radius 3 is 2.05 bits per heavy atom. The van der Waals surface area contributed by atoms with Crippen molar-refractivity contribution in [2.45, 2.75) is 45.1 Å². The number of rotatable bonds is 4. The molecule has 0 unspecified atom stereocenters. The molecular formula is C12H17BF3NO3. The fourth-order valence-corrected chi connectivity index (χ4v) is 1.21. The predicted molar refractivity (Wildman–Crippen MR) is 68.3 cm³/mol. The van der Waals surface area contributed by atoms with Crippen LogP contribution in [0.1, 0.15) is 33.4 Å². The molecule has 0 atom stereocenters. The quantitative estimate of drug-likeness (QED) is 0.822. The van der Waals surface area contributed by atoms with E-state index in [2.05, 4.69) is 4.98 Å². The highest BCUT2D eigenvalue weighted by Gasteiger charge is 2.40. The summed E-state index contributed by atoms with van der Waals surface area (Å²) >= 11 is 0. The average Bonchev–Trinajstić information content (AvgIpc) is 2.26. The number of alkyl halides is 3. The van der Waals surface area contributed by atoms with Crippen LogP contribution in [-0.4, -0.2) is 33.4 Å². The van der Waals surface area contributed by atoms with Crippen LogP contribution in [0.4, 0.5) is 13.2 Å². The first-order chi connectivity index (χ1) is 8.84. The van der Waals surface area contributed by atoms with Crippen LogP contribution in [0.2, 0.25) is 0 Å². The van der Waals surface area contributed by atoms with Crippen LogP contribution in [0.3, 0.4) is 0 Å². The Kier molecular flexibility index (Phi) is 4.53. The molecule has 1 aromatic rings. The van der Waals surface area contributed by atoms with Gasteiger partial charge in [-0.3, -0.25) is 4.98 Å². The first kappa shape index (κ1) is 16.9. The molecule has 0 aliphatic carbocycles. The van der Waals surface area contributed by atoms with Gasteiger partial charge in [-0.15, -0.1) is 0 Å². The number of nitrogens with zero attached hydrogens (tertiary/aromatic N) is 1. The highest BCUT2D eigenvalue weighted by Crippen LogP contribution is 2.27. The fraction of sp³-hybridized carbons (Fsp3) is 0.583. The van der Waals surface area contributed by atoms with Crippen molar-refractivity contribution in [1.82, 2.24) is 4.98 Å². The maximum absolute atomic E-state index is 12.4. The van der Waals surface area contributed by atoms with E-state index in [-0.39, 0.29) is 5.46 Å². The molecule has 0 aliphatic heterocycles. The van der Waals surface area contributed by atoms with Gasteiger partial charge in [0.25, 0.3) is 0 Å². The topological polar surface area (TPSA) is 62.6 Å². The molecule has 0 saturated carbocycles. The Labute approximate surface area is 115 Å². The summed E-state index contributed by atoms with van der Waals surface area (Å²) in [5.41, 5.74) is -3.31. The van der Waals surface area contributed by atoms with Crippen molar-refractivity contribution in [3.8, 4) is 0 Å². The van der Waals surface area contributed by atoms with Crippen molar-refractivity contribution in [3.05, 3.63) is 24.0 Å². The lowest BCUT2D eigenvalue weighted by Gasteiger charge is -2.38. The number of pyridine rings is 1. The SMILES string of the molecule is CC(C)(O)C(C)(C)OB(O)c1ccc(C(F)(F)F)nc1. The first-order valence-electron chi connectivity index (χ1n) is 5.96. The van der Waals surface area contributed by atoms with E-state index in [9.17, 15) is 23.3 Å². The van der Waals surface area contributed by atoms with Crippen molar-refractivity contribution in [3.63, 3.8) is 0 Å². The van der Waals surface area contributed by atoms with Crippen LogP contribution in [-0.2, 0) is 10.8 Å². The van der Waals surface area contributed by atoms with E-state index >= 15 is 0 Å². The highest BCUT2D eigenvalue weighted by atomic mass is 19.4. The van der Waals surface area contributed by atoms with Gasteiger partial charge in [0, 0.05) is 11.7 Å². The third-order valence-electron chi connectivity index (χ3n) is 3.24. The van der Waals surface area contributed by atoms with Gasteiger partial charge in [0.15, 0.2) is 0 Å². The minimum atomic E-state index is -4.53. The van der Waals surface area contributed by atoms with Crippen LogP contribution < -0.4 is 5.46 Å². The summed E-state index contributed by atoms with van der Waals surface area (Å²) in [7, 11) is -1.48. The number of halogens is 3. The molecule has 0 saturated heterocycles. The number of hydrogen-bond acceptors (Lipinski definition) is 4. The Hall–Kier alpha value is -1.12. The molecule has 0 amide bonds. The van der Waals surface area contributed by atoms with Crippen LogP contribution in [0.5, 0.6) is 0 Å². The van der Waals surface area contributed by atoms with E-state index in [1.807, 2.05) is 0 Å². The molecule has 0 aromatic carbocycles. The Morgan fingerprint density at radius 2 is 1.70 bits per heavy atom. The molecule has 20 heavy (non-hydrogen) atoms. The maximum atomic E-state index is 12.4. The molecule has 112 valence electrons. The highest BCUT2D eigenvalue weighted by molar-refractivity contribution is 6.59. The Balaban J connectivity index is 2.87. The monoisotopic (exact) mass is 291 g/mol. The lowest BCUT2D eigenvalue weighted by atomic mass is 9.77. The van der Waals surface area contributed by atoms with Crippen LogP contribution in [0.15, 0.2) is 18.3 Å². The smallest absolute Gasteiger partial charge is 0.423 e. The summed E-state index contributed by atoms with van der Waals surface area (Å²) < 4.78 is 42.4. The Bertz CT molecular complexity index is 455. The second kappa shape index (κ2) is 5.35. The normalized spacial score (nSPS) is 13.4. The van der Waals surface area contributed by atoms with Crippen LogP contribution >= 0.6 is 0 Å². The second-order valence-electron chi connectivity index (χ2n) is 5.51. The van der Waals surface area contributed by atoms with Gasteiger partial charge in [-0.1, -0.05) is 6.07 Å². The lowest BCUT2D eigenvalue weighted by Crippen LogP contribution is -2.53. The van der Waals surface area contributed by atoms with Crippen molar-refractivity contribution in [1.29, 1.82) is 0 Å². The number of aliphatic hydroxyl groups is 1. The summed E-state index contributed by atoms with van der Waals surface area (Å²) in [5.74, 6) is 0. The summed E-state index contributed by atoms with van der Waals surface area (Å²) in [6.45, 7) is 6.14. The van der Waals surface area contributed by atoms with Gasteiger partial charge in [-0.05, 0) is 33.8 Å². The number of hydrogen-bond donors (Lipinski definition) is 2. The van der Waals surface area contributed by atoms with Gasteiger partial charge in [-0.2, -0.15) is 13.2 Å². The summed E-state index contributed by atoms with van der Waals surface area (Å²) in [6.07, 6.45) is -3.63. The molecule has 1 aromatic heterocycles. The lowest BCUT2D eigenvalue weighted by molar-refractivity contribution is -0.141. The number of aromatic nitrogens is 1. The van der Waals surface area contributed by atoms with Crippen molar-refractivity contribution < 1.29 is 28.0 Å². The molecule has 4 nitrogen and oxygen atoms in total. The van der Waals surface area contributed by atoms with Crippen LogP contribution in [0, 0.1) is 0 Å². The largest absolute Gasteiger partial charge is 0.493 e. The fourth-order valence-electron chi connectivity index (χ4n) is 1.21. The zero-order valence-electron chi connectivity index (χ0n) is 11.7. The van der Waals surface area contributed by atoms with E-state index in [0.29, 0.717) is 0 Å². The molecule has 0 aliphatic rings. The predicted octanol–water partition coefficient (Wildman–Crippen LogP) is 1.35. The van der Waals surface area contributed by atoms with Gasteiger partial charge in [0.05, 0.1) is 11.2 Å². The minimum Gasteiger partial charge on any atom is -0.423 e. The zero-order chi connectivity index (χ0) is 15.8. The summed E-state index contributed by atoms with van der Waals surface area (Å²) in [4.78, 5) is 3.24. The van der Waals surface area contributed by atoms with Gasteiger partial charge in [-0.25, -0.2) is 0 Å². The van der Waals surface area contributed by atoms with Crippen molar-refractivity contribution >= 4 is 12.6 Å². The van der Waals surface area contributed by atoms with Crippen molar-refractivity contribution in [2.24, 2.45) is 0 Å². The molecule has 0 fully saturated rings. The van der Waals surface area contributed by atoms with Crippen molar-refractivity contribution in [2.75, 3.05) is 0 Å². The second-order valence-corrected chi connectivity index (χ2v) is 5.51. The van der Waals surface area contributed by atoms with E-state index in [0.717, 1.165) is 18.3 Å². The molecular weight excluding hydrogens is 274 g/mol. The molecule has 8 heteroatoms. The van der Waals surface area contributed by atoms with Gasteiger partial charge < -0.3 is 14.8 Å². The summed E-state index contributed by atoms with van der Waals surface area (Å²) in [6, 6.07) is 1.85. The standard InChI is InChI=1S/C12H17BF3NO3/c1-10(2,18)11(3,4)20-13(19)8-5-6-9(17-7-8)12(14,15)16/h5-7,18-19H,1-4H3. The average molecular weight is 291 g/mol. The van der Waals surface area contributed by atoms with Gasteiger partial charge >= 0.3 is 13.3 Å². The van der Waals surface area contributed by atoms with Crippen LogP contribution in [0.25, 0.3) is 0 Å². The maximum Gasteiger partial charge on any atom is 0.493 e. The van der Waals surface area contributed by atoms with E-state index in [1.165, 1.54) is 13.8 Å². The van der Waals surface area contributed by atoms with E-state index < -0.39 is 30.2 Å². The van der Waals surface area contributed by atoms with E-state index in [1.54, 1.807) is 13.8 Å². The summed E-state index contributed by atoms with van der Waals surface area (Å²) in [5, 5.41) is 19.8. The first-order valence-corrected chi connectivity index (χ1v) is 5.96. The van der Waals surface area contributed by atoms with Gasteiger partial charge in [0.1, 0.15) is 5.69 Å². The molecule has 2 N–H and O–H groups in total. The molecule has 0 spiro atoms.